The maximum absolute atomic E-state index is 8.84. The minimum absolute atomic E-state index is 0. The Hall–Kier alpha value is -0.0500. The number of aliphatic hydroxyl groups excluding tert-OH is 1. The summed E-state index contributed by atoms with van der Waals surface area (Å²) >= 11 is 0. The third kappa shape index (κ3) is 2.29. The fourth-order valence-corrected chi connectivity index (χ4v) is 0.952. The molecule has 0 aliphatic carbocycles. The van der Waals surface area contributed by atoms with Crippen LogP contribution in [-0.2, 0) is 0 Å². The van der Waals surface area contributed by atoms with Crippen molar-refractivity contribution in [2.45, 2.75) is 18.9 Å². The van der Waals surface area contributed by atoms with Crippen LogP contribution in [0.1, 0.15) is 13.3 Å². The van der Waals surface area contributed by atoms with Gasteiger partial charge < -0.3 is 10.4 Å². The number of hydrogen-bond donors (Lipinski definition) is 2. The molecule has 1 aliphatic rings. The monoisotopic (exact) mass is 163 g/mol. The Morgan fingerprint density at radius 1 is 1.70 bits per heavy atom. The largest absolute Gasteiger partial charge is 0.394 e. The first-order chi connectivity index (χ1) is 4.27. The second kappa shape index (κ2) is 3.96. The van der Waals surface area contributed by atoms with Crippen LogP contribution in [-0.4, -0.2) is 23.8 Å². The highest BCUT2D eigenvalue weighted by atomic mass is 35.5. The van der Waals surface area contributed by atoms with Gasteiger partial charge in [-0.05, 0) is 19.9 Å². The Morgan fingerprint density at radius 2 is 2.40 bits per heavy atom. The van der Waals surface area contributed by atoms with E-state index >= 15 is 0 Å². The molecule has 0 saturated carbocycles. The Labute approximate surface area is 67.7 Å². The average Bonchev–Trinajstić information content (AvgIpc) is 1.90. The molecule has 3 heteroatoms. The minimum atomic E-state index is -0.155. The predicted octanol–water partition coefficient (Wildman–Crippen LogP) is 0.709. The molecule has 1 heterocycles. The second-order valence-electron chi connectivity index (χ2n) is 2.69. The van der Waals surface area contributed by atoms with Crippen LogP contribution in [0.5, 0.6) is 0 Å². The number of aliphatic hydroxyl groups is 1. The molecule has 2 nitrogen and oxygen atoms in total. The summed E-state index contributed by atoms with van der Waals surface area (Å²) < 4.78 is 0. The molecule has 1 atom stereocenters. The zero-order valence-electron chi connectivity index (χ0n) is 6.13. The molecule has 0 saturated heterocycles. The summed E-state index contributed by atoms with van der Waals surface area (Å²) in [7, 11) is 0. The standard InChI is InChI=1S/C7H13NO.ClH/c1-7(6-9)4-2-3-5-8-7;/h2,4,8-9H,3,5-6H2,1H3;1H. The molecule has 0 aromatic heterocycles. The van der Waals surface area contributed by atoms with Crippen LogP contribution in [0.4, 0.5) is 0 Å². The Bertz CT molecular complexity index is 127. The second-order valence-corrected chi connectivity index (χ2v) is 2.69. The van der Waals surface area contributed by atoms with Gasteiger partial charge in [0.05, 0.1) is 12.1 Å². The lowest BCUT2D eigenvalue weighted by atomic mass is 10.00. The zero-order chi connectivity index (χ0) is 6.74. The Morgan fingerprint density at radius 3 is 2.70 bits per heavy atom. The lowest BCUT2D eigenvalue weighted by Gasteiger charge is -2.27. The lowest BCUT2D eigenvalue weighted by molar-refractivity contribution is 0.205. The van der Waals surface area contributed by atoms with Gasteiger partial charge in [-0.25, -0.2) is 0 Å². The average molecular weight is 164 g/mol. The van der Waals surface area contributed by atoms with Crippen molar-refractivity contribution < 1.29 is 5.11 Å². The summed E-state index contributed by atoms with van der Waals surface area (Å²) in [6.07, 6.45) is 5.21. The highest BCUT2D eigenvalue weighted by molar-refractivity contribution is 5.85. The molecular weight excluding hydrogens is 150 g/mol. The summed E-state index contributed by atoms with van der Waals surface area (Å²) in [5.41, 5.74) is -0.155. The van der Waals surface area contributed by atoms with Crippen LogP contribution in [0.25, 0.3) is 0 Å². The molecule has 0 fully saturated rings. The van der Waals surface area contributed by atoms with Gasteiger partial charge in [0.2, 0.25) is 0 Å². The summed E-state index contributed by atoms with van der Waals surface area (Å²) in [5, 5.41) is 12.0. The van der Waals surface area contributed by atoms with Crippen molar-refractivity contribution >= 4 is 12.4 Å². The molecule has 0 aromatic carbocycles. The first-order valence-electron chi connectivity index (χ1n) is 3.30. The fourth-order valence-electron chi connectivity index (χ4n) is 0.952. The molecule has 0 radical (unpaired) electrons. The van der Waals surface area contributed by atoms with E-state index in [2.05, 4.69) is 11.4 Å². The molecule has 1 rings (SSSR count). The molecule has 60 valence electrons. The van der Waals surface area contributed by atoms with Crippen molar-refractivity contribution in [1.82, 2.24) is 5.32 Å². The highest BCUT2D eigenvalue weighted by Crippen LogP contribution is 2.08. The first-order valence-corrected chi connectivity index (χ1v) is 3.30. The van der Waals surface area contributed by atoms with Gasteiger partial charge in [0.15, 0.2) is 0 Å². The number of hydrogen-bond acceptors (Lipinski definition) is 2. The van der Waals surface area contributed by atoms with Gasteiger partial charge in [-0.3, -0.25) is 0 Å². The summed E-state index contributed by atoms with van der Waals surface area (Å²) in [5.74, 6) is 0. The van der Waals surface area contributed by atoms with Crippen molar-refractivity contribution in [3.63, 3.8) is 0 Å². The SMILES string of the molecule is CC1(CO)C=CCCN1.Cl. The van der Waals surface area contributed by atoms with E-state index in [1.165, 1.54) is 0 Å². The number of halogens is 1. The summed E-state index contributed by atoms with van der Waals surface area (Å²) in [6.45, 7) is 3.15. The van der Waals surface area contributed by atoms with E-state index < -0.39 is 0 Å². The summed E-state index contributed by atoms with van der Waals surface area (Å²) in [6, 6.07) is 0. The van der Waals surface area contributed by atoms with Gasteiger partial charge in [0, 0.05) is 0 Å². The van der Waals surface area contributed by atoms with Crippen LogP contribution in [0, 0.1) is 0 Å². The normalized spacial score (nSPS) is 31.4. The van der Waals surface area contributed by atoms with E-state index in [9.17, 15) is 0 Å². The molecule has 10 heavy (non-hydrogen) atoms. The van der Waals surface area contributed by atoms with Crippen LogP contribution >= 0.6 is 12.4 Å². The molecule has 1 unspecified atom stereocenters. The van der Waals surface area contributed by atoms with E-state index in [0.717, 1.165) is 13.0 Å². The zero-order valence-corrected chi connectivity index (χ0v) is 6.95. The fraction of sp³-hybridized carbons (Fsp3) is 0.714. The van der Waals surface area contributed by atoms with Crippen LogP contribution < -0.4 is 5.32 Å². The third-order valence-electron chi connectivity index (χ3n) is 1.65. The van der Waals surface area contributed by atoms with Crippen LogP contribution in [0.2, 0.25) is 0 Å². The van der Waals surface area contributed by atoms with E-state index in [-0.39, 0.29) is 24.6 Å². The van der Waals surface area contributed by atoms with Crippen LogP contribution in [0.15, 0.2) is 12.2 Å². The summed E-state index contributed by atoms with van der Waals surface area (Å²) in [4.78, 5) is 0. The number of rotatable bonds is 1. The van der Waals surface area contributed by atoms with E-state index in [1.54, 1.807) is 0 Å². The van der Waals surface area contributed by atoms with Gasteiger partial charge in [-0.15, -0.1) is 12.4 Å². The molecule has 0 spiro atoms. The lowest BCUT2D eigenvalue weighted by Crippen LogP contribution is -2.46. The van der Waals surface area contributed by atoms with Crippen molar-refractivity contribution in [3.8, 4) is 0 Å². The van der Waals surface area contributed by atoms with Crippen molar-refractivity contribution in [3.05, 3.63) is 12.2 Å². The first kappa shape index (κ1) is 9.95. The topological polar surface area (TPSA) is 32.3 Å². The maximum atomic E-state index is 8.84. The molecule has 0 amide bonds. The quantitative estimate of drug-likeness (QED) is 0.558. The van der Waals surface area contributed by atoms with Gasteiger partial charge >= 0.3 is 0 Å². The molecular formula is C7H14ClNO. The highest BCUT2D eigenvalue weighted by Gasteiger charge is 2.19. The predicted molar refractivity (Wildman–Crippen MR) is 44.5 cm³/mol. The van der Waals surface area contributed by atoms with Gasteiger partial charge in [-0.1, -0.05) is 12.2 Å². The Balaban J connectivity index is 0.000000810. The van der Waals surface area contributed by atoms with Gasteiger partial charge in [-0.2, -0.15) is 0 Å². The van der Waals surface area contributed by atoms with Crippen molar-refractivity contribution in [2.24, 2.45) is 0 Å². The molecule has 0 aromatic rings. The van der Waals surface area contributed by atoms with Gasteiger partial charge in [0.25, 0.3) is 0 Å². The third-order valence-corrected chi connectivity index (χ3v) is 1.65. The smallest absolute Gasteiger partial charge is 0.0646 e. The Kier molecular flexibility index (Phi) is 3.94. The molecule has 2 N–H and O–H groups in total. The van der Waals surface area contributed by atoms with E-state index in [4.69, 9.17) is 5.11 Å². The maximum Gasteiger partial charge on any atom is 0.0646 e. The van der Waals surface area contributed by atoms with Gasteiger partial charge in [0.1, 0.15) is 0 Å². The van der Waals surface area contributed by atoms with Crippen LogP contribution in [0.3, 0.4) is 0 Å². The van der Waals surface area contributed by atoms with E-state index in [0.29, 0.717) is 0 Å². The molecule has 1 aliphatic heterocycles. The van der Waals surface area contributed by atoms with Crippen molar-refractivity contribution in [1.29, 1.82) is 0 Å². The number of nitrogens with one attached hydrogen (secondary N) is 1. The molecule has 0 bridgehead atoms. The minimum Gasteiger partial charge on any atom is -0.394 e. The van der Waals surface area contributed by atoms with E-state index in [1.807, 2.05) is 13.0 Å². The van der Waals surface area contributed by atoms with Crippen molar-refractivity contribution in [2.75, 3.05) is 13.2 Å².